The van der Waals surface area contributed by atoms with Crippen molar-refractivity contribution in [3.8, 4) is 11.5 Å². The predicted molar refractivity (Wildman–Crippen MR) is 93.3 cm³/mol. The molecule has 0 fully saturated rings. The smallest absolute Gasteiger partial charge is 0.336 e. The molecule has 0 radical (unpaired) electrons. The lowest BCUT2D eigenvalue weighted by Gasteiger charge is -2.26. The first kappa shape index (κ1) is 17.5. The Balaban J connectivity index is 1.98. The van der Waals surface area contributed by atoms with Crippen LogP contribution in [0.5, 0.6) is 11.5 Å². The molecule has 0 amide bonds. The summed E-state index contributed by atoms with van der Waals surface area (Å²) < 4.78 is 17.1. The van der Waals surface area contributed by atoms with E-state index in [9.17, 15) is 9.90 Å². The first-order valence-electron chi connectivity index (χ1n) is 8.43. The molecule has 0 aliphatic carbocycles. The summed E-state index contributed by atoms with van der Waals surface area (Å²) in [4.78, 5) is 12.0. The molecule has 0 bridgehead atoms. The van der Waals surface area contributed by atoms with Gasteiger partial charge in [-0.2, -0.15) is 0 Å². The fraction of sp³-hybridized carbons (Fsp3) is 0.350. The average molecular weight is 342 g/mol. The van der Waals surface area contributed by atoms with Crippen LogP contribution in [-0.2, 0) is 15.9 Å². The van der Waals surface area contributed by atoms with Gasteiger partial charge >= 0.3 is 5.97 Å². The third-order valence-corrected chi connectivity index (χ3v) is 4.31. The molecule has 2 aromatic carbocycles. The fourth-order valence-electron chi connectivity index (χ4n) is 3.20. The van der Waals surface area contributed by atoms with Gasteiger partial charge in [0.25, 0.3) is 0 Å². The third-order valence-electron chi connectivity index (χ3n) is 4.31. The second-order valence-electron chi connectivity index (χ2n) is 6.00. The van der Waals surface area contributed by atoms with E-state index in [1.165, 1.54) is 0 Å². The number of carboxylic acid groups (broad SMARTS) is 1. The highest BCUT2D eigenvalue weighted by atomic mass is 16.7. The number of aromatic carboxylic acids is 1. The van der Waals surface area contributed by atoms with Crippen LogP contribution in [0, 0.1) is 0 Å². The number of ether oxygens (including phenoxy) is 3. The van der Waals surface area contributed by atoms with Crippen LogP contribution >= 0.6 is 0 Å². The van der Waals surface area contributed by atoms with Gasteiger partial charge in [0.2, 0.25) is 0 Å². The second-order valence-corrected chi connectivity index (χ2v) is 6.00. The topological polar surface area (TPSA) is 65.0 Å². The van der Waals surface area contributed by atoms with Crippen LogP contribution in [0.25, 0.3) is 0 Å². The molecule has 2 unspecified atom stereocenters. The van der Waals surface area contributed by atoms with Crippen LogP contribution in [-0.4, -0.2) is 24.0 Å². The van der Waals surface area contributed by atoms with Gasteiger partial charge in [0, 0.05) is 18.6 Å². The summed E-state index contributed by atoms with van der Waals surface area (Å²) in [5.74, 6) is 0.382. The van der Waals surface area contributed by atoms with E-state index in [-0.39, 0.29) is 5.56 Å². The first-order valence-corrected chi connectivity index (χ1v) is 8.43. The van der Waals surface area contributed by atoms with Crippen molar-refractivity contribution in [3.63, 3.8) is 0 Å². The Morgan fingerprint density at radius 1 is 1.20 bits per heavy atom. The second kappa shape index (κ2) is 7.25. The molecule has 0 spiro atoms. The molecule has 1 N–H and O–H groups in total. The van der Waals surface area contributed by atoms with Gasteiger partial charge in [-0.25, -0.2) is 4.79 Å². The lowest BCUT2D eigenvalue weighted by atomic mass is 9.91. The molecule has 0 aromatic heterocycles. The van der Waals surface area contributed by atoms with E-state index in [1.54, 1.807) is 13.0 Å². The molecule has 3 rings (SSSR count). The minimum atomic E-state index is -0.977. The summed E-state index contributed by atoms with van der Waals surface area (Å²) in [6.45, 7) is 6.06. The summed E-state index contributed by atoms with van der Waals surface area (Å²) in [7, 11) is 0. The number of carbonyl (C=O) groups is 1. The summed E-state index contributed by atoms with van der Waals surface area (Å²) in [6.07, 6.45) is -0.292. The molecule has 2 atom stereocenters. The lowest BCUT2D eigenvalue weighted by Crippen LogP contribution is -2.19. The van der Waals surface area contributed by atoms with Crippen LogP contribution < -0.4 is 4.74 Å². The minimum absolute atomic E-state index is 0.253. The number of carboxylic acids is 1. The third kappa shape index (κ3) is 3.52. The summed E-state index contributed by atoms with van der Waals surface area (Å²) >= 11 is 0. The molecule has 1 aliphatic rings. The maximum absolute atomic E-state index is 12.0. The largest absolute Gasteiger partial charge is 0.478 e. The van der Waals surface area contributed by atoms with E-state index >= 15 is 0 Å². The van der Waals surface area contributed by atoms with Crippen LogP contribution in [0.3, 0.4) is 0 Å². The highest BCUT2D eigenvalue weighted by Crippen LogP contribution is 2.40. The molecular weight excluding hydrogens is 320 g/mol. The van der Waals surface area contributed by atoms with Gasteiger partial charge in [0.1, 0.15) is 11.5 Å². The highest BCUT2D eigenvalue weighted by molar-refractivity contribution is 5.92. The van der Waals surface area contributed by atoms with Crippen molar-refractivity contribution >= 4 is 5.97 Å². The summed E-state index contributed by atoms with van der Waals surface area (Å²) in [6, 6.07) is 11.3. The average Bonchev–Trinajstić information content (AvgIpc) is 2.58. The Morgan fingerprint density at radius 2 is 1.96 bits per heavy atom. The van der Waals surface area contributed by atoms with Gasteiger partial charge in [0.05, 0.1) is 11.7 Å². The Hall–Kier alpha value is -2.37. The predicted octanol–water partition coefficient (Wildman–Crippen LogP) is 4.54. The number of hydrogen-bond acceptors (Lipinski definition) is 4. The van der Waals surface area contributed by atoms with Crippen LogP contribution in [0.4, 0.5) is 0 Å². The van der Waals surface area contributed by atoms with Crippen molar-refractivity contribution in [1.82, 2.24) is 0 Å². The molecule has 0 saturated carbocycles. The molecule has 25 heavy (non-hydrogen) atoms. The molecule has 132 valence electrons. The van der Waals surface area contributed by atoms with E-state index in [0.29, 0.717) is 29.9 Å². The SMILES string of the molecule is CCOC(C)OC(C)c1ccc2c(c1C(=O)O)Cc1ccccc1O2. The van der Waals surface area contributed by atoms with Crippen molar-refractivity contribution in [2.45, 2.75) is 39.6 Å². The van der Waals surface area contributed by atoms with E-state index in [0.717, 1.165) is 11.3 Å². The Labute approximate surface area is 147 Å². The molecule has 5 heteroatoms. The monoisotopic (exact) mass is 342 g/mol. The van der Waals surface area contributed by atoms with E-state index < -0.39 is 18.4 Å². The van der Waals surface area contributed by atoms with Gasteiger partial charge < -0.3 is 19.3 Å². The first-order chi connectivity index (χ1) is 12.0. The lowest BCUT2D eigenvalue weighted by molar-refractivity contribution is -0.154. The van der Waals surface area contributed by atoms with Gasteiger partial charge in [-0.1, -0.05) is 24.3 Å². The zero-order valence-corrected chi connectivity index (χ0v) is 14.6. The fourth-order valence-corrected chi connectivity index (χ4v) is 3.20. The summed E-state index contributed by atoms with van der Waals surface area (Å²) in [5.41, 5.74) is 2.54. The van der Waals surface area contributed by atoms with Crippen LogP contribution in [0.15, 0.2) is 36.4 Å². The van der Waals surface area contributed by atoms with Gasteiger partial charge in [0.15, 0.2) is 6.29 Å². The van der Waals surface area contributed by atoms with Crippen molar-refractivity contribution in [1.29, 1.82) is 0 Å². The molecular formula is C20H22O5. The molecule has 1 heterocycles. The number of para-hydroxylation sites is 1. The van der Waals surface area contributed by atoms with Crippen molar-refractivity contribution in [2.24, 2.45) is 0 Å². The standard InChI is InChI=1S/C20H22O5/c1-4-23-13(3)24-12(2)15-9-10-18-16(19(15)20(21)22)11-14-7-5-6-8-17(14)25-18/h5-10,12-13H,4,11H2,1-3H3,(H,21,22). The normalized spacial score (nSPS) is 14.8. The van der Waals surface area contributed by atoms with E-state index in [2.05, 4.69) is 0 Å². The van der Waals surface area contributed by atoms with Gasteiger partial charge in [-0.3, -0.25) is 0 Å². The van der Waals surface area contributed by atoms with Crippen molar-refractivity contribution in [2.75, 3.05) is 6.61 Å². The molecule has 2 aromatic rings. The number of benzene rings is 2. The maximum atomic E-state index is 12.0. The molecule has 1 aliphatic heterocycles. The molecule has 5 nitrogen and oxygen atoms in total. The highest BCUT2D eigenvalue weighted by Gasteiger charge is 2.27. The number of fused-ring (bicyclic) bond motifs is 2. The van der Waals surface area contributed by atoms with Gasteiger partial charge in [-0.15, -0.1) is 0 Å². The molecule has 0 saturated heterocycles. The maximum Gasteiger partial charge on any atom is 0.336 e. The Morgan fingerprint density at radius 3 is 2.68 bits per heavy atom. The van der Waals surface area contributed by atoms with Crippen molar-refractivity contribution < 1.29 is 24.1 Å². The van der Waals surface area contributed by atoms with Crippen LogP contribution in [0.1, 0.15) is 53.9 Å². The summed E-state index contributed by atoms with van der Waals surface area (Å²) in [5, 5.41) is 9.81. The van der Waals surface area contributed by atoms with E-state index in [4.69, 9.17) is 14.2 Å². The van der Waals surface area contributed by atoms with Crippen LogP contribution in [0.2, 0.25) is 0 Å². The quantitative estimate of drug-likeness (QED) is 0.666. The van der Waals surface area contributed by atoms with Crippen molar-refractivity contribution in [3.05, 3.63) is 58.7 Å². The Bertz CT molecular complexity index is 784. The zero-order valence-electron chi connectivity index (χ0n) is 14.6. The van der Waals surface area contributed by atoms with E-state index in [1.807, 2.05) is 44.2 Å². The van der Waals surface area contributed by atoms with Gasteiger partial charge in [-0.05, 0) is 44.0 Å². The number of rotatable bonds is 6. The minimum Gasteiger partial charge on any atom is -0.478 e. The number of hydrogen-bond donors (Lipinski definition) is 1. The zero-order chi connectivity index (χ0) is 18.0. The Kier molecular flexibility index (Phi) is 5.06.